The number of ether oxygens (including phenoxy) is 1. The Morgan fingerprint density at radius 3 is 2.71 bits per heavy atom. The zero-order valence-electron chi connectivity index (χ0n) is 9.42. The van der Waals surface area contributed by atoms with Crippen molar-refractivity contribution in [2.75, 3.05) is 7.11 Å². The van der Waals surface area contributed by atoms with Crippen molar-refractivity contribution in [1.82, 2.24) is 0 Å². The molecule has 6 heteroatoms. The molecule has 0 unspecified atom stereocenters. The number of aliphatic hydroxyl groups is 1. The third-order valence-electron chi connectivity index (χ3n) is 3.13. The number of nitro groups is 1. The van der Waals surface area contributed by atoms with Crippen LogP contribution in [0.4, 0.5) is 5.69 Å². The summed E-state index contributed by atoms with van der Waals surface area (Å²) in [7, 11) is 1.49. The fourth-order valence-electron chi connectivity index (χ4n) is 2.20. The number of hydrogen-bond acceptors (Lipinski definition) is 5. The summed E-state index contributed by atoms with van der Waals surface area (Å²) in [4.78, 5) is 10.3. The minimum atomic E-state index is -0.725. The highest BCUT2D eigenvalue weighted by atomic mass is 16.6. The van der Waals surface area contributed by atoms with Gasteiger partial charge in [0, 0.05) is 23.2 Å². The largest absolute Gasteiger partial charge is 0.496 e. The molecule has 1 aliphatic carbocycles. The van der Waals surface area contributed by atoms with E-state index in [-0.39, 0.29) is 5.69 Å². The van der Waals surface area contributed by atoms with Crippen LogP contribution in [0.5, 0.6) is 5.75 Å². The highest BCUT2D eigenvalue weighted by Gasteiger charge is 2.43. The number of nitrogens with two attached hydrogens (primary N) is 1. The van der Waals surface area contributed by atoms with E-state index in [0.717, 1.165) is 0 Å². The van der Waals surface area contributed by atoms with E-state index in [4.69, 9.17) is 10.5 Å². The van der Waals surface area contributed by atoms with Gasteiger partial charge in [0.1, 0.15) is 5.75 Å². The highest BCUT2D eigenvalue weighted by molar-refractivity contribution is 5.48. The van der Waals surface area contributed by atoms with Crippen molar-refractivity contribution in [3.8, 4) is 5.75 Å². The van der Waals surface area contributed by atoms with E-state index in [0.29, 0.717) is 24.2 Å². The number of non-ortho nitro benzene ring substituents is 1. The Morgan fingerprint density at radius 2 is 2.24 bits per heavy atom. The van der Waals surface area contributed by atoms with Gasteiger partial charge in [0.2, 0.25) is 0 Å². The molecule has 1 aromatic carbocycles. The average molecular weight is 238 g/mol. The van der Waals surface area contributed by atoms with E-state index >= 15 is 0 Å². The number of rotatable bonds is 3. The molecule has 0 bridgehead atoms. The molecule has 1 aliphatic rings. The Balaban J connectivity index is 2.43. The first kappa shape index (κ1) is 11.8. The van der Waals surface area contributed by atoms with Gasteiger partial charge in [-0.2, -0.15) is 0 Å². The van der Waals surface area contributed by atoms with E-state index in [2.05, 4.69) is 0 Å². The molecule has 0 radical (unpaired) electrons. The maximum absolute atomic E-state index is 10.7. The predicted octanol–water partition coefficient (Wildman–Crippen LogP) is 0.912. The Bertz CT molecular complexity index is 455. The first-order valence-electron chi connectivity index (χ1n) is 5.26. The molecule has 6 nitrogen and oxygen atoms in total. The normalized spacial score (nSPS) is 27.4. The molecule has 0 aliphatic heterocycles. The number of hydrogen-bond donors (Lipinski definition) is 2. The summed E-state index contributed by atoms with van der Waals surface area (Å²) in [5.41, 5.74) is 5.93. The van der Waals surface area contributed by atoms with Crippen LogP contribution >= 0.6 is 0 Å². The lowest BCUT2D eigenvalue weighted by atomic mass is 9.70. The first-order chi connectivity index (χ1) is 7.96. The second-order valence-corrected chi connectivity index (χ2v) is 4.36. The lowest BCUT2D eigenvalue weighted by Gasteiger charge is -2.43. The summed E-state index contributed by atoms with van der Waals surface area (Å²) in [6.45, 7) is 0. The van der Waals surface area contributed by atoms with Gasteiger partial charge in [-0.3, -0.25) is 10.1 Å². The van der Waals surface area contributed by atoms with Crippen LogP contribution in [0.15, 0.2) is 18.2 Å². The number of methoxy groups -OCH3 is 1. The molecular formula is C11H14N2O4. The average Bonchev–Trinajstić information content (AvgIpc) is 2.26. The van der Waals surface area contributed by atoms with Gasteiger partial charge in [-0.15, -0.1) is 0 Å². The van der Waals surface area contributed by atoms with Crippen LogP contribution in [0.3, 0.4) is 0 Å². The lowest BCUT2D eigenvalue weighted by Crippen LogP contribution is -2.51. The molecule has 0 amide bonds. The highest BCUT2D eigenvalue weighted by Crippen LogP contribution is 2.44. The Hall–Kier alpha value is -1.66. The summed E-state index contributed by atoms with van der Waals surface area (Å²) >= 11 is 0. The molecule has 0 spiro atoms. The number of nitrogens with zero attached hydrogens (tertiary/aromatic N) is 1. The van der Waals surface area contributed by atoms with Crippen LogP contribution in [-0.2, 0) is 5.54 Å². The predicted molar refractivity (Wildman–Crippen MR) is 60.8 cm³/mol. The maximum atomic E-state index is 10.7. The summed E-state index contributed by atoms with van der Waals surface area (Å²) in [5.74, 6) is 0.519. The van der Waals surface area contributed by atoms with E-state index < -0.39 is 16.6 Å². The molecule has 1 saturated carbocycles. The fourth-order valence-corrected chi connectivity index (χ4v) is 2.20. The molecule has 17 heavy (non-hydrogen) atoms. The number of aliphatic hydroxyl groups excluding tert-OH is 1. The van der Waals surface area contributed by atoms with Gasteiger partial charge < -0.3 is 15.6 Å². The van der Waals surface area contributed by atoms with Crippen LogP contribution in [0.1, 0.15) is 18.4 Å². The van der Waals surface area contributed by atoms with Gasteiger partial charge >= 0.3 is 0 Å². The van der Waals surface area contributed by atoms with Crippen molar-refractivity contribution in [3.05, 3.63) is 33.9 Å². The Labute approximate surface area is 98.2 Å². The van der Waals surface area contributed by atoms with E-state index in [1.54, 1.807) is 0 Å². The van der Waals surface area contributed by atoms with E-state index in [9.17, 15) is 15.2 Å². The third kappa shape index (κ3) is 1.96. The van der Waals surface area contributed by atoms with Crippen LogP contribution in [-0.4, -0.2) is 23.2 Å². The zero-order valence-corrected chi connectivity index (χ0v) is 9.42. The molecule has 92 valence electrons. The fraction of sp³-hybridized carbons (Fsp3) is 0.455. The molecule has 1 fully saturated rings. The van der Waals surface area contributed by atoms with Crippen LogP contribution in [0.2, 0.25) is 0 Å². The molecule has 2 rings (SSSR count). The number of benzene rings is 1. The lowest BCUT2D eigenvalue weighted by molar-refractivity contribution is -0.385. The topological polar surface area (TPSA) is 98.6 Å². The Kier molecular flexibility index (Phi) is 2.76. The molecule has 0 heterocycles. The van der Waals surface area contributed by atoms with Crippen molar-refractivity contribution < 1.29 is 14.8 Å². The second kappa shape index (κ2) is 3.97. The van der Waals surface area contributed by atoms with Crippen LogP contribution < -0.4 is 10.5 Å². The van der Waals surface area contributed by atoms with Crippen LogP contribution in [0.25, 0.3) is 0 Å². The van der Waals surface area contributed by atoms with Gasteiger partial charge in [-0.1, -0.05) is 0 Å². The van der Waals surface area contributed by atoms with Crippen molar-refractivity contribution in [1.29, 1.82) is 0 Å². The summed E-state index contributed by atoms with van der Waals surface area (Å²) in [5, 5.41) is 20.1. The molecular weight excluding hydrogens is 224 g/mol. The van der Waals surface area contributed by atoms with Crippen molar-refractivity contribution in [3.63, 3.8) is 0 Å². The number of nitro benzene ring substituents is 1. The second-order valence-electron chi connectivity index (χ2n) is 4.36. The maximum Gasteiger partial charge on any atom is 0.270 e. The monoisotopic (exact) mass is 238 g/mol. The zero-order chi connectivity index (χ0) is 12.6. The van der Waals surface area contributed by atoms with Crippen molar-refractivity contribution in [2.45, 2.75) is 24.5 Å². The standard InChI is InChI=1S/C11H14N2O4/c1-17-10-3-2-7(13(15)16)4-9(10)11(12)5-8(14)6-11/h2-4,8,14H,5-6,12H2,1H3. The van der Waals surface area contributed by atoms with Gasteiger partial charge in [-0.25, -0.2) is 0 Å². The quantitative estimate of drug-likeness (QED) is 0.602. The Morgan fingerprint density at radius 1 is 1.59 bits per heavy atom. The summed E-state index contributed by atoms with van der Waals surface area (Å²) < 4.78 is 5.15. The SMILES string of the molecule is COc1ccc([N+](=O)[O-])cc1C1(N)CC(O)C1. The molecule has 0 atom stereocenters. The van der Waals surface area contributed by atoms with E-state index in [1.165, 1.54) is 25.3 Å². The van der Waals surface area contributed by atoms with Gasteiger partial charge in [0.05, 0.1) is 18.1 Å². The molecule has 0 saturated heterocycles. The summed E-state index contributed by atoms with van der Waals surface area (Å²) in [6.07, 6.45) is 0.346. The van der Waals surface area contributed by atoms with E-state index in [1.807, 2.05) is 0 Å². The van der Waals surface area contributed by atoms with Gasteiger partial charge in [-0.05, 0) is 18.9 Å². The van der Waals surface area contributed by atoms with Crippen molar-refractivity contribution >= 4 is 5.69 Å². The smallest absolute Gasteiger partial charge is 0.270 e. The third-order valence-corrected chi connectivity index (χ3v) is 3.13. The molecule has 1 aromatic rings. The molecule has 3 N–H and O–H groups in total. The first-order valence-corrected chi connectivity index (χ1v) is 5.26. The van der Waals surface area contributed by atoms with Gasteiger partial charge in [0.15, 0.2) is 0 Å². The van der Waals surface area contributed by atoms with Crippen molar-refractivity contribution in [2.24, 2.45) is 5.73 Å². The van der Waals surface area contributed by atoms with Gasteiger partial charge in [0.25, 0.3) is 5.69 Å². The van der Waals surface area contributed by atoms with Crippen LogP contribution in [0, 0.1) is 10.1 Å². The summed E-state index contributed by atoms with van der Waals surface area (Å²) in [6, 6.07) is 4.33. The molecule has 0 aromatic heterocycles. The minimum absolute atomic E-state index is 0.0213. The minimum Gasteiger partial charge on any atom is -0.496 e.